The fraction of sp³-hybridized carbons (Fsp3) is 0.216. The molecule has 0 unspecified atom stereocenters. The van der Waals surface area contributed by atoms with E-state index in [2.05, 4.69) is 60.2 Å². The van der Waals surface area contributed by atoms with Crippen molar-refractivity contribution in [3.8, 4) is 44.8 Å². The molecule has 1 aliphatic rings. The molecule has 4 heteroatoms. The summed E-state index contributed by atoms with van der Waals surface area (Å²) in [5, 5.41) is 1.61. The maximum Gasteiger partial charge on any atom is 0.123 e. The molecule has 3 nitrogen and oxygen atoms in total. The second-order valence-electron chi connectivity index (χ2n) is 14.6. The zero-order valence-corrected chi connectivity index (χ0v) is 33.1. The topological polar surface area (TPSA) is 38.9 Å². The molecule has 3 heterocycles. The van der Waals surface area contributed by atoms with Gasteiger partial charge in [0.1, 0.15) is 5.58 Å². The van der Waals surface area contributed by atoms with Crippen molar-refractivity contribution in [1.82, 2.24) is 9.97 Å². The molecule has 9 rings (SSSR count). The Morgan fingerprint density at radius 2 is 1.51 bits per heavy atom. The van der Waals surface area contributed by atoms with Crippen LogP contribution in [0.3, 0.4) is 0 Å². The van der Waals surface area contributed by atoms with Crippen molar-refractivity contribution in [2.75, 3.05) is 0 Å². The van der Waals surface area contributed by atoms with E-state index in [1.807, 2.05) is 60.7 Å². The third-order valence-electron chi connectivity index (χ3n) is 10.4. The number of aromatic nitrogens is 2. The van der Waals surface area contributed by atoms with Crippen LogP contribution in [0.1, 0.15) is 81.4 Å². The van der Waals surface area contributed by atoms with Gasteiger partial charge in [-0.3, -0.25) is 0 Å². The Morgan fingerprint density at radius 1 is 0.709 bits per heavy atom. The van der Waals surface area contributed by atoms with E-state index in [1.165, 1.54) is 18.3 Å². The van der Waals surface area contributed by atoms with Crippen molar-refractivity contribution in [3.63, 3.8) is 0 Å². The number of nitrogens with zero attached hydrogens (tertiary/aromatic N) is 2. The Hall–Kier alpha value is -5.15. The molecular formula is C51H46IrN2O-2. The third kappa shape index (κ3) is 8.27. The van der Waals surface area contributed by atoms with E-state index >= 15 is 0 Å². The molecule has 1 fully saturated rings. The predicted molar refractivity (Wildman–Crippen MR) is 224 cm³/mol. The van der Waals surface area contributed by atoms with Crippen LogP contribution in [-0.2, 0) is 20.1 Å². The maximum absolute atomic E-state index is 9.08. The van der Waals surface area contributed by atoms with Gasteiger partial charge in [-0.05, 0) is 102 Å². The second-order valence-corrected chi connectivity index (χ2v) is 14.6. The Bertz CT molecular complexity index is 2930. The number of aryl methyl sites for hydroxylation is 3. The van der Waals surface area contributed by atoms with E-state index in [9.17, 15) is 0 Å². The van der Waals surface area contributed by atoms with Gasteiger partial charge in [-0.15, -0.1) is 47.5 Å². The molecule has 1 radical (unpaired) electrons. The zero-order chi connectivity index (χ0) is 45.7. The molecule has 0 aliphatic heterocycles. The molecule has 5 aromatic carbocycles. The molecule has 0 atom stereocenters. The molecule has 3 aromatic heterocycles. The van der Waals surface area contributed by atoms with E-state index < -0.39 is 26.4 Å². The molecule has 0 spiro atoms. The molecule has 0 saturated heterocycles. The molecule has 55 heavy (non-hydrogen) atoms. The van der Waals surface area contributed by atoms with E-state index in [0.717, 1.165) is 58.7 Å². The van der Waals surface area contributed by atoms with Crippen molar-refractivity contribution >= 4 is 21.9 Å². The van der Waals surface area contributed by atoms with Crippen LogP contribution in [-0.4, -0.2) is 9.97 Å². The summed E-state index contributed by atoms with van der Waals surface area (Å²) in [4.78, 5) is 8.82. The normalized spacial score (nSPS) is 17.9. The number of hydrogen-bond acceptors (Lipinski definition) is 3. The van der Waals surface area contributed by atoms with Crippen LogP contribution < -0.4 is 0 Å². The molecule has 0 N–H and O–H groups in total. The first-order chi connectivity index (χ1) is 30.2. The van der Waals surface area contributed by atoms with Crippen LogP contribution in [0.4, 0.5) is 0 Å². The number of fused-ring (bicyclic) bond motifs is 3. The van der Waals surface area contributed by atoms with Crippen LogP contribution in [0.25, 0.3) is 66.7 Å². The molecular weight excluding hydrogens is 849 g/mol. The summed E-state index contributed by atoms with van der Waals surface area (Å²) in [5.74, 6) is -0.517. The summed E-state index contributed by atoms with van der Waals surface area (Å²) >= 11 is 0. The fourth-order valence-corrected chi connectivity index (χ4v) is 7.17. The van der Waals surface area contributed by atoms with Gasteiger partial charge in [0.05, 0.1) is 5.58 Å². The molecule has 0 amide bonds. The van der Waals surface area contributed by atoms with Crippen LogP contribution in [0.5, 0.6) is 0 Å². The minimum absolute atomic E-state index is 0. The van der Waals surface area contributed by atoms with E-state index in [-0.39, 0.29) is 36.8 Å². The van der Waals surface area contributed by atoms with Gasteiger partial charge in [0, 0.05) is 51.6 Å². The number of rotatable bonds is 5. The average Bonchev–Trinajstić information content (AvgIpc) is 3.66. The summed E-state index contributed by atoms with van der Waals surface area (Å²) in [5.41, 5.74) is 8.91. The van der Waals surface area contributed by atoms with Crippen molar-refractivity contribution in [1.29, 1.82) is 0 Å². The van der Waals surface area contributed by atoms with Crippen LogP contribution >= 0.6 is 0 Å². The Kier molecular flexibility index (Phi) is 8.13. The fourth-order valence-electron chi connectivity index (χ4n) is 7.17. The summed E-state index contributed by atoms with van der Waals surface area (Å²) < 4.78 is 84.6. The van der Waals surface area contributed by atoms with Crippen LogP contribution in [0.2, 0.25) is 0 Å². The van der Waals surface area contributed by atoms with Crippen molar-refractivity contribution < 1.29 is 38.2 Å². The molecule has 277 valence electrons. The molecule has 1 saturated carbocycles. The standard InChI is InChI=1S/C32H30NO.C19H16N.Ir/c1-21-6-4-7-26-27-8-5-9-28(31(27)34-30(21)26)29-20-25(16-19-33-29)23-12-10-22(11-13-23)24-14-17-32(2,3)18-15-24;1-14-8-11-19(20-13-14)17-10-9-15(2)18(12-17)16-6-4-3-5-7-16;/h4-8,10-13,16,19-20,24H,14-15,17-18H2,1-3H3;3-9,11-13H,1-2H3;/q2*-1;/i1D3,24D;1D3,2D3;. The largest absolute Gasteiger partial charge is 0.500 e. The summed E-state index contributed by atoms with van der Waals surface area (Å²) in [6.45, 7) is -2.15. The molecule has 0 bridgehead atoms. The van der Waals surface area contributed by atoms with Crippen molar-refractivity contribution in [2.45, 2.75) is 66.0 Å². The number of para-hydroxylation sites is 1. The van der Waals surface area contributed by atoms with Gasteiger partial charge < -0.3 is 14.4 Å². The monoisotopic (exact) mass is 905 g/mol. The van der Waals surface area contributed by atoms with Gasteiger partial charge in [0.15, 0.2) is 0 Å². The first-order valence-corrected chi connectivity index (χ1v) is 18.2. The maximum atomic E-state index is 9.08. The number of furan rings is 1. The van der Waals surface area contributed by atoms with E-state index in [1.54, 1.807) is 30.5 Å². The number of hydrogen-bond donors (Lipinski definition) is 0. The average molecular weight is 905 g/mol. The van der Waals surface area contributed by atoms with Gasteiger partial charge >= 0.3 is 0 Å². The second kappa shape index (κ2) is 16.3. The number of pyridine rings is 2. The Morgan fingerprint density at radius 3 is 2.25 bits per heavy atom. The van der Waals surface area contributed by atoms with Gasteiger partial charge in [0.25, 0.3) is 0 Å². The van der Waals surface area contributed by atoms with E-state index in [0.29, 0.717) is 44.7 Å². The van der Waals surface area contributed by atoms with Crippen molar-refractivity contribution in [3.05, 3.63) is 168 Å². The van der Waals surface area contributed by atoms with Gasteiger partial charge in [-0.2, -0.15) is 0 Å². The third-order valence-corrected chi connectivity index (χ3v) is 10.4. The summed E-state index contributed by atoms with van der Waals surface area (Å²) in [7, 11) is 0. The zero-order valence-electron chi connectivity index (χ0n) is 40.7. The summed E-state index contributed by atoms with van der Waals surface area (Å²) in [6.07, 6.45) is 7.01. The molecule has 8 aromatic rings. The van der Waals surface area contributed by atoms with Crippen LogP contribution in [0, 0.1) is 38.1 Å². The summed E-state index contributed by atoms with van der Waals surface area (Å²) in [6, 6.07) is 43.1. The minimum atomic E-state index is -2.27. The Balaban J connectivity index is 0.000000205. The van der Waals surface area contributed by atoms with Gasteiger partial charge in [-0.1, -0.05) is 128 Å². The van der Waals surface area contributed by atoms with E-state index in [4.69, 9.17) is 18.1 Å². The number of benzene rings is 5. The smallest absolute Gasteiger partial charge is 0.123 e. The quantitative estimate of drug-likeness (QED) is 0.162. The van der Waals surface area contributed by atoms with Crippen molar-refractivity contribution in [2.24, 2.45) is 5.41 Å². The first-order valence-electron chi connectivity index (χ1n) is 23.2. The first kappa shape index (κ1) is 27.4. The van der Waals surface area contributed by atoms with Gasteiger partial charge in [0.2, 0.25) is 0 Å². The molecule has 1 aliphatic carbocycles. The van der Waals surface area contributed by atoms with Gasteiger partial charge in [-0.25, -0.2) is 0 Å². The Labute approximate surface area is 353 Å². The van der Waals surface area contributed by atoms with Crippen LogP contribution in [0.15, 0.2) is 138 Å². The minimum Gasteiger partial charge on any atom is -0.500 e. The predicted octanol–water partition coefficient (Wildman–Crippen LogP) is 13.9. The SMILES string of the molecule is [2H]C([2H])([2H])c1ccc(-c2[c-]cc(C([2H])([2H])[2H])c(-c3ccccc3)c2)nc1.[2H]C([2H])([2H])c1cccc2c1oc1c(-c3cc(-c4ccc(C5([2H])CCC(C)(C)CC5)cc4)ccn3)[c-]ccc12.[Ir].